The van der Waals surface area contributed by atoms with Crippen LogP contribution in [0.15, 0.2) is 0 Å². The Labute approximate surface area is 88.1 Å². The summed E-state index contributed by atoms with van der Waals surface area (Å²) in [5.41, 5.74) is 0. The van der Waals surface area contributed by atoms with Crippen molar-refractivity contribution in [3.63, 3.8) is 0 Å². The van der Waals surface area contributed by atoms with Crippen LogP contribution in [-0.2, 0) is 14.4 Å². The van der Waals surface area contributed by atoms with Crippen molar-refractivity contribution in [3.8, 4) is 0 Å². The van der Waals surface area contributed by atoms with E-state index in [2.05, 4.69) is 0 Å². The number of carboxylic acids is 1. The van der Waals surface area contributed by atoms with Gasteiger partial charge in [0.15, 0.2) is 0 Å². The molecular weight excluding hydrogens is 198 g/mol. The monoisotopic (exact) mass is 213 g/mol. The molecule has 15 heavy (non-hydrogen) atoms. The summed E-state index contributed by atoms with van der Waals surface area (Å²) in [6.07, 6.45) is 0.895. The number of rotatable bonds is 4. The Balaban J connectivity index is 2.93. The quantitative estimate of drug-likeness (QED) is 0.695. The van der Waals surface area contributed by atoms with Crippen LogP contribution < -0.4 is 0 Å². The molecule has 2 amide bonds. The lowest BCUT2D eigenvalue weighted by molar-refractivity contribution is -0.156. The molecule has 1 saturated heterocycles. The second-order valence-electron chi connectivity index (χ2n) is 3.83. The molecule has 1 aliphatic rings. The smallest absolute Gasteiger partial charge is 0.327 e. The van der Waals surface area contributed by atoms with Crippen molar-refractivity contribution in [1.29, 1.82) is 0 Å². The van der Waals surface area contributed by atoms with Crippen LogP contribution in [0.1, 0.15) is 33.1 Å². The third-order valence-electron chi connectivity index (χ3n) is 2.80. The topological polar surface area (TPSA) is 74.7 Å². The Kier molecular flexibility index (Phi) is 3.44. The molecule has 0 aromatic rings. The second-order valence-corrected chi connectivity index (χ2v) is 3.83. The number of carboxylic acid groups (broad SMARTS) is 1. The van der Waals surface area contributed by atoms with Crippen LogP contribution in [0.3, 0.4) is 0 Å². The average Bonchev–Trinajstić information content (AvgIpc) is 2.49. The number of nitrogens with zero attached hydrogens (tertiary/aromatic N) is 1. The molecule has 0 saturated carbocycles. The lowest BCUT2D eigenvalue weighted by atomic mass is 9.98. The first kappa shape index (κ1) is 11.7. The predicted molar refractivity (Wildman–Crippen MR) is 52.0 cm³/mol. The van der Waals surface area contributed by atoms with Gasteiger partial charge in [-0.25, -0.2) is 4.79 Å². The Morgan fingerprint density at radius 3 is 2.20 bits per heavy atom. The lowest BCUT2D eigenvalue weighted by Crippen LogP contribution is -2.48. The molecule has 1 heterocycles. The van der Waals surface area contributed by atoms with Crippen molar-refractivity contribution in [2.75, 3.05) is 0 Å². The van der Waals surface area contributed by atoms with E-state index in [0.29, 0.717) is 6.42 Å². The van der Waals surface area contributed by atoms with Gasteiger partial charge in [-0.2, -0.15) is 0 Å². The van der Waals surface area contributed by atoms with Gasteiger partial charge in [-0.3, -0.25) is 14.5 Å². The van der Waals surface area contributed by atoms with Crippen LogP contribution in [0, 0.1) is 5.92 Å². The van der Waals surface area contributed by atoms with Gasteiger partial charge in [-0.05, 0) is 5.92 Å². The first-order valence-corrected chi connectivity index (χ1v) is 5.06. The molecule has 0 aromatic carbocycles. The van der Waals surface area contributed by atoms with Crippen LogP contribution in [0.25, 0.3) is 0 Å². The first-order valence-electron chi connectivity index (χ1n) is 5.06. The van der Waals surface area contributed by atoms with Crippen LogP contribution in [0.2, 0.25) is 0 Å². The zero-order valence-corrected chi connectivity index (χ0v) is 8.90. The van der Waals surface area contributed by atoms with Gasteiger partial charge in [0, 0.05) is 12.8 Å². The number of hydrogen-bond acceptors (Lipinski definition) is 3. The highest BCUT2D eigenvalue weighted by molar-refractivity contribution is 6.04. The standard InChI is InChI=1S/C10H15NO4/c1-3-6(2)9(10(14)15)11-7(12)4-5-8(11)13/h6,9H,3-5H2,1-2H3,(H,14,15)/t6-,9+/m1/s1. The van der Waals surface area contributed by atoms with Crippen LogP contribution in [0.4, 0.5) is 0 Å². The number of imide groups is 1. The second kappa shape index (κ2) is 4.42. The number of aliphatic carboxylic acids is 1. The van der Waals surface area contributed by atoms with E-state index >= 15 is 0 Å². The maximum absolute atomic E-state index is 11.4. The van der Waals surface area contributed by atoms with Gasteiger partial charge in [-0.15, -0.1) is 0 Å². The van der Waals surface area contributed by atoms with E-state index in [0.717, 1.165) is 4.90 Å². The van der Waals surface area contributed by atoms with Crippen LogP contribution >= 0.6 is 0 Å². The van der Waals surface area contributed by atoms with E-state index in [1.165, 1.54) is 0 Å². The molecule has 0 aliphatic carbocycles. The van der Waals surface area contributed by atoms with E-state index in [1.54, 1.807) is 6.92 Å². The first-order chi connectivity index (χ1) is 6.99. The van der Waals surface area contributed by atoms with Crippen molar-refractivity contribution in [2.45, 2.75) is 39.2 Å². The molecule has 2 atom stereocenters. The highest BCUT2D eigenvalue weighted by atomic mass is 16.4. The summed E-state index contributed by atoms with van der Waals surface area (Å²) < 4.78 is 0. The van der Waals surface area contributed by atoms with Crippen molar-refractivity contribution < 1.29 is 19.5 Å². The molecule has 0 spiro atoms. The minimum Gasteiger partial charge on any atom is -0.480 e. The SMILES string of the molecule is CC[C@@H](C)[C@@H](C(=O)O)N1C(=O)CCC1=O. The Morgan fingerprint density at radius 1 is 1.40 bits per heavy atom. The average molecular weight is 213 g/mol. The van der Waals surface area contributed by atoms with Crippen LogP contribution in [-0.4, -0.2) is 33.8 Å². The predicted octanol–water partition coefficient (Wildman–Crippen LogP) is 0.635. The van der Waals surface area contributed by atoms with Crippen molar-refractivity contribution in [3.05, 3.63) is 0 Å². The fourth-order valence-electron chi connectivity index (χ4n) is 1.74. The van der Waals surface area contributed by atoms with Crippen molar-refractivity contribution in [1.82, 2.24) is 4.90 Å². The zero-order chi connectivity index (χ0) is 11.6. The number of likely N-dealkylation sites (tertiary alicyclic amines) is 1. The third kappa shape index (κ3) is 2.16. The number of carbonyl (C=O) groups excluding carboxylic acids is 2. The van der Waals surface area contributed by atoms with Gasteiger partial charge >= 0.3 is 5.97 Å². The molecule has 1 fully saturated rings. The Morgan fingerprint density at radius 2 is 1.87 bits per heavy atom. The summed E-state index contributed by atoms with van der Waals surface area (Å²) in [5.74, 6) is -2.05. The summed E-state index contributed by atoms with van der Waals surface area (Å²) in [6.45, 7) is 3.57. The number of carbonyl (C=O) groups is 3. The van der Waals surface area contributed by atoms with Crippen molar-refractivity contribution in [2.24, 2.45) is 5.92 Å². The summed E-state index contributed by atoms with van der Waals surface area (Å²) in [6, 6.07) is -1.00. The molecular formula is C10H15NO4. The van der Waals surface area contributed by atoms with E-state index in [9.17, 15) is 14.4 Å². The normalized spacial score (nSPS) is 20.5. The van der Waals surface area contributed by atoms with E-state index in [1.807, 2.05) is 6.92 Å². The fourth-order valence-corrected chi connectivity index (χ4v) is 1.74. The maximum atomic E-state index is 11.4. The van der Waals surface area contributed by atoms with E-state index in [4.69, 9.17) is 5.11 Å². The Bertz CT molecular complexity index is 284. The lowest BCUT2D eigenvalue weighted by Gasteiger charge is -2.26. The molecule has 0 aromatic heterocycles. The molecule has 1 N–H and O–H groups in total. The van der Waals surface area contributed by atoms with Gasteiger partial charge in [0.25, 0.3) is 0 Å². The van der Waals surface area contributed by atoms with E-state index in [-0.39, 0.29) is 30.6 Å². The number of amides is 2. The van der Waals surface area contributed by atoms with Gasteiger partial charge in [0.1, 0.15) is 6.04 Å². The molecule has 0 bridgehead atoms. The largest absolute Gasteiger partial charge is 0.480 e. The third-order valence-corrected chi connectivity index (χ3v) is 2.80. The summed E-state index contributed by atoms with van der Waals surface area (Å²) in [5, 5.41) is 9.02. The summed E-state index contributed by atoms with van der Waals surface area (Å²) in [7, 11) is 0. The molecule has 5 heteroatoms. The molecule has 84 valence electrons. The van der Waals surface area contributed by atoms with Gasteiger partial charge in [0.2, 0.25) is 11.8 Å². The van der Waals surface area contributed by atoms with Gasteiger partial charge in [-0.1, -0.05) is 20.3 Å². The number of hydrogen-bond donors (Lipinski definition) is 1. The van der Waals surface area contributed by atoms with Crippen molar-refractivity contribution >= 4 is 17.8 Å². The minimum atomic E-state index is -1.10. The molecule has 0 radical (unpaired) electrons. The highest BCUT2D eigenvalue weighted by Crippen LogP contribution is 2.22. The van der Waals surface area contributed by atoms with Gasteiger partial charge in [0.05, 0.1) is 0 Å². The highest BCUT2D eigenvalue weighted by Gasteiger charge is 2.40. The van der Waals surface area contributed by atoms with Gasteiger partial charge < -0.3 is 5.11 Å². The molecule has 0 unspecified atom stereocenters. The maximum Gasteiger partial charge on any atom is 0.327 e. The van der Waals surface area contributed by atoms with E-state index < -0.39 is 12.0 Å². The zero-order valence-electron chi connectivity index (χ0n) is 8.90. The molecule has 1 rings (SSSR count). The summed E-state index contributed by atoms with van der Waals surface area (Å²) >= 11 is 0. The Hall–Kier alpha value is -1.39. The van der Waals surface area contributed by atoms with Crippen LogP contribution in [0.5, 0.6) is 0 Å². The minimum absolute atomic E-state index is 0.138. The molecule has 5 nitrogen and oxygen atoms in total. The molecule has 1 aliphatic heterocycles. The fraction of sp³-hybridized carbons (Fsp3) is 0.700. The summed E-state index contributed by atoms with van der Waals surface area (Å²) in [4.78, 5) is 34.7.